The van der Waals surface area contributed by atoms with Crippen molar-refractivity contribution in [1.82, 2.24) is 0 Å². The molecule has 0 amide bonds. The van der Waals surface area contributed by atoms with Crippen LogP contribution in [-0.2, 0) is 0 Å². The van der Waals surface area contributed by atoms with Crippen LogP contribution in [0, 0.1) is 0 Å². The normalized spacial score (nSPS) is 12.0. The molecule has 3 nitrogen and oxygen atoms in total. The van der Waals surface area contributed by atoms with Gasteiger partial charge >= 0.3 is 0 Å². The largest absolute Gasteiger partial charge is 0.497 e. The molecule has 16 heavy (non-hydrogen) atoms. The molecule has 0 aliphatic carbocycles. The van der Waals surface area contributed by atoms with Crippen molar-refractivity contribution in [2.24, 2.45) is 0 Å². The van der Waals surface area contributed by atoms with Crippen LogP contribution in [0.4, 0.5) is 0 Å². The lowest BCUT2D eigenvalue weighted by molar-refractivity contribution is 0.173. The molecule has 1 atom stereocenters. The number of hydrogen-bond donors (Lipinski definition) is 1. The third-order valence-electron chi connectivity index (χ3n) is 2.34. The molecule has 0 saturated heterocycles. The lowest BCUT2D eigenvalue weighted by atomic mass is 10.0. The van der Waals surface area contributed by atoms with Crippen molar-refractivity contribution in [3.63, 3.8) is 0 Å². The molecule has 3 heteroatoms. The van der Waals surface area contributed by atoms with E-state index in [4.69, 9.17) is 9.47 Å². The Morgan fingerprint density at radius 3 is 2.56 bits per heavy atom. The molecule has 0 spiro atoms. The third-order valence-corrected chi connectivity index (χ3v) is 2.34. The first-order valence-corrected chi connectivity index (χ1v) is 5.13. The van der Waals surface area contributed by atoms with Crippen LogP contribution in [0.25, 0.3) is 0 Å². The van der Waals surface area contributed by atoms with E-state index in [0.717, 1.165) is 11.1 Å². The van der Waals surface area contributed by atoms with Crippen molar-refractivity contribution in [3.05, 3.63) is 35.9 Å². The summed E-state index contributed by atoms with van der Waals surface area (Å²) < 4.78 is 10.3. The van der Waals surface area contributed by atoms with Gasteiger partial charge in [0.05, 0.1) is 20.3 Å². The third kappa shape index (κ3) is 3.00. The Balaban J connectivity index is 3.02. The average Bonchev–Trinajstić information content (AvgIpc) is 2.27. The van der Waals surface area contributed by atoms with E-state index in [1.807, 2.05) is 6.92 Å². The monoisotopic (exact) mass is 222 g/mol. The van der Waals surface area contributed by atoms with E-state index in [0.29, 0.717) is 17.9 Å². The van der Waals surface area contributed by atoms with E-state index in [1.54, 1.807) is 32.4 Å². The van der Waals surface area contributed by atoms with Gasteiger partial charge in [-0.15, -0.1) is 6.58 Å². The fraction of sp³-hybridized carbons (Fsp3) is 0.385. The van der Waals surface area contributed by atoms with Crippen LogP contribution in [-0.4, -0.2) is 19.3 Å². The van der Waals surface area contributed by atoms with Crippen LogP contribution in [0.2, 0.25) is 0 Å². The Hall–Kier alpha value is -1.48. The maximum atomic E-state index is 10.0. The van der Waals surface area contributed by atoms with Gasteiger partial charge in [-0.3, -0.25) is 0 Å². The molecule has 1 aromatic carbocycles. The first-order chi connectivity index (χ1) is 7.58. The van der Waals surface area contributed by atoms with Crippen LogP contribution >= 0.6 is 0 Å². The quantitative estimate of drug-likeness (QED) is 0.778. The van der Waals surface area contributed by atoms with Crippen LogP contribution < -0.4 is 9.47 Å². The Morgan fingerprint density at radius 1 is 1.38 bits per heavy atom. The Labute approximate surface area is 96.3 Å². The van der Waals surface area contributed by atoms with E-state index in [2.05, 4.69) is 6.58 Å². The Morgan fingerprint density at radius 2 is 2.06 bits per heavy atom. The molecule has 0 radical (unpaired) electrons. The minimum absolute atomic E-state index is 0.517. The first-order valence-electron chi connectivity index (χ1n) is 5.13. The van der Waals surface area contributed by atoms with E-state index in [1.165, 1.54) is 0 Å². The lowest BCUT2D eigenvalue weighted by Crippen LogP contribution is -2.01. The molecule has 88 valence electrons. The number of rotatable bonds is 5. The van der Waals surface area contributed by atoms with Gasteiger partial charge in [0.15, 0.2) is 0 Å². The highest BCUT2D eigenvalue weighted by molar-refractivity contribution is 5.42. The minimum Gasteiger partial charge on any atom is -0.497 e. The van der Waals surface area contributed by atoms with Crippen LogP contribution in [0.5, 0.6) is 11.5 Å². The van der Waals surface area contributed by atoms with Crippen molar-refractivity contribution in [2.45, 2.75) is 19.4 Å². The molecule has 0 bridgehead atoms. The van der Waals surface area contributed by atoms with Gasteiger partial charge in [0.25, 0.3) is 0 Å². The minimum atomic E-state index is -0.609. The summed E-state index contributed by atoms with van der Waals surface area (Å²) in [5.41, 5.74) is 1.65. The number of hydrogen-bond acceptors (Lipinski definition) is 3. The average molecular weight is 222 g/mol. The summed E-state index contributed by atoms with van der Waals surface area (Å²) in [5.74, 6) is 1.37. The SMILES string of the molecule is C=C(C)CC(O)c1cc(OC)ccc1OC. The smallest absolute Gasteiger partial charge is 0.124 e. The summed E-state index contributed by atoms with van der Waals surface area (Å²) in [6.07, 6.45) is -0.0914. The van der Waals surface area contributed by atoms with Gasteiger partial charge in [0.1, 0.15) is 11.5 Å². The molecule has 1 unspecified atom stereocenters. The second-order valence-electron chi connectivity index (χ2n) is 3.78. The van der Waals surface area contributed by atoms with E-state index < -0.39 is 6.10 Å². The van der Waals surface area contributed by atoms with E-state index >= 15 is 0 Å². The standard InChI is InChI=1S/C13H18O3/c1-9(2)7-12(14)11-8-10(15-3)5-6-13(11)16-4/h5-6,8,12,14H,1,7H2,2-4H3. The van der Waals surface area contributed by atoms with Gasteiger partial charge in [-0.2, -0.15) is 0 Å². The van der Waals surface area contributed by atoms with Crippen molar-refractivity contribution in [1.29, 1.82) is 0 Å². The number of aliphatic hydroxyl groups excluding tert-OH is 1. The highest BCUT2D eigenvalue weighted by Crippen LogP contribution is 2.32. The van der Waals surface area contributed by atoms with Crippen molar-refractivity contribution < 1.29 is 14.6 Å². The summed E-state index contributed by atoms with van der Waals surface area (Å²) in [4.78, 5) is 0. The molecule has 0 aliphatic heterocycles. The summed E-state index contributed by atoms with van der Waals surface area (Å²) in [6, 6.07) is 5.37. The molecule has 0 aromatic heterocycles. The van der Waals surface area contributed by atoms with Gasteiger partial charge in [-0.1, -0.05) is 5.57 Å². The fourth-order valence-electron chi connectivity index (χ4n) is 1.54. The zero-order valence-electron chi connectivity index (χ0n) is 9.99. The van der Waals surface area contributed by atoms with E-state index in [-0.39, 0.29) is 0 Å². The molecule has 0 heterocycles. The molecule has 1 N–H and O–H groups in total. The van der Waals surface area contributed by atoms with Crippen molar-refractivity contribution in [3.8, 4) is 11.5 Å². The highest BCUT2D eigenvalue weighted by atomic mass is 16.5. The number of ether oxygens (including phenoxy) is 2. The Kier molecular flexibility index (Phi) is 4.38. The van der Waals surface area contributed by atoms with Gasteiger partial charge in [0.2, 0.25) is 0 Å². The number of methoxy groups -OCH3 is 2. The molecular formula is C13H18O3. The topological polar surface area (TPSA) is 38.7 Å². The van der Waals surface area contributed by atoms with Gasteiger partial charge in [-0.25, -0.2) is 0 Å². The lowest BCUT2D eigenvalue weighted by Gasteiger charge is -2.15. The molecule has 1 rings (SSSR count). The maximum absolute atomic E-state index is 10.0. The molecule has 0 fully saturated rings. The van der Waals surface area contributed by atoms with Crippen LogP contribution in [0.1, 0.15) is 25.0 Å². The summed E-state index contributed by atoms with van der Waals surface area (Å²) in [7, 11) is 3.18. The van der Waals surface area contributed by atoms with Gasteiger partial charge < -0.3 is 14.6 Å². The number of benzene rings is 1. The fourth-order valence-corrected chi connectivity index (χ4v) is 1.54. The highest BCUT2D eigenvalue weighted by Gasteiger charge is 2.14. The van der Waals surface area contributed by atoms with Gasteiger partial charge in [-0.05, 0) is 31.5 Å². The molecular weight excluding hydrogens is 204 g/mol. The second-order valence-corrected chi connectivity index (χ2v) is 3.78. The first kappa shape index (κ1) is 12.6. The predicted octanol–water partition coefficient (Wildman–Crippen LogP) is 2.70. The maximum Gasteiger partial charge on any atom is 0.124 e. The molecule has 0 saturated carbocycles. The molecule has 1 aromatic rings. The Bertz CT molecular complexity index is 371. The predicted molar refractivity (Wildman–Crippen MR) is 63.9 cm³/mol. The van der Waals surface area contributed by atoms with Crippen molar-refractivity contribution >= 4 is 0 Å². The zero-order chi connectivity index (χ0) is 12.1. The molecule has 0 aliphatic rings. The summed E-state index contributed by atoms with van der Waals surface area (Å²) in [6.45, 7) is 5.67. The zero-order valence-corrected chi connectivity index (χ0v) is 9.99. The van der Waals surface area contributed by atoms with E-state index in [9.17, 15) is 5.11 Å². The van der Waals surface area contributed by atoms with Crippen LogP contribution in [0.15, 0.2) is 30.4 Å². The van der Waals surface area contributed by atoms with Gasteiger partial charge in [0, 0.05) is 5.56 Å². The van der Waals surface area contributed by atoms with Crippen molar-refractivity contribution in [2.75, 3.05) is 14.2 Å². The summed E-state index contributed by atoms with van der Waals surface area (Å²) >= 11 is 0. The summed E-state index contributed by atoms with van der Waals surface area (Å²) in [5, 5.41) is 10.0. The van der Waals surface area contributed by atoms with Crippen LogP contribution in [0.3, 0.4) is 0 Å². The number of aliphatic hydroxyl groups is 1. The second kappa shape index (κ2) is 5.56.